The Hall–Kier alpha value is -2.38. The fourth-order valence-electron chi connectivity index (χ4n) is 5.95. The molecule has 1 aromatic carbocycles. The molecule has 0 radical (unpaired) electrons. The first-order valence-corrected chi connectivity index (χ1v) is 13.4. The van der Waals surface area contributed by atoms with E-state index in [9.17, 15) is 4.79 Å². The van der Waals surface area contributed by atoms with Crippen LogP contribution in [0.25, 0.3) is 4.96 Å². The van der Waals surface area contributed by atoms with Crippen LogP contribution in [0.2, 0.25) is 0 Å². The van der Waals surface area contributed by atoms with Crippen LogP contribution in [0.15, 0.2) is 36.0 Å². The molecule has 0 N–H and O–H groups in total. The van der Waals surface area contributed by atoms with Crippen molar-refractivity contribution in [2.24, 2.45) is 0 Å². The number of benzene rings is 1. The van der Waals surface area contributed by atoms with E-state index in [0.717, 1.165) is 42.9 Å². The predicted octanol–water partition coefficient (Wildman–Crippen LogP) is 3.63. The number of anilines is 1. The summed E-state index contributed by atoms with van der Waals surface area (Å²) in [7, 11) is 0. The lowest BCUT2D eigenvalue weighted by atomic mass is 10.0. The van der Waals surface area contributed by atoms with Crippen molar-refractivity contribution in [2.45, 2.75) is 51.0 Å². The number of piperazine rings is 1. The molecule has 2 aromatic heterocycles. The van der Waals surface area contributed by atoms with Crippen molar-refractivity contribution < 1.29 is 4.79 Å². The number of hydrogen-bond donors (Lipinski definition) is 0. The second-order valence-electron chi connectivity index (χ2n) is 9.78. The average Bonchev–Trinajstić information content (AvgIpc) is 3.58. The van der Waals surface area contributed by atoms with Gasteiger partial charge in [0.1, 0.15) is 0 Å². The molecule has 2 aliphatic heterocycles. The van der Waals surface area contributed by atoms with E-state index in [-0.39, 0.29) is 5.91 Å². The lowest BCUT2D eigenvalue weighted by Gasteiger charge is -2.36. The maximum atomic E-state index is 12.9. The molecule has 3 aromatic rings. The fraction of sp³-hybridized carbons (Fsp3) is 0.538. The molecular formula is C26H33N5OS. The van der Waals surface area contributed by atoms with Gasteiger partial charge in [-0.05, 0) is 48.9 Å². The van der Waals surface area contributed by atoms with Gasteiger partial charge in [-0.2, -0.15) is 0 Å². The van der Waals surface area contributed by atoms with Gasteiger partial charge in [-0.25, -0.2) is 4.98 Å². The Labute approximate surface area is 199 Å². The number of carbonyl (C=O) groups is 1. The SMILES string of the molecule is O=C(Cc1cnc2sccn12)N1CCN(c2ccc3c(c2)CCN(C2CCCC2)CC3)CC1. The van der Waals surface area contributed by atoms with Gasteiger partial charge >= 0.3 is 0 Å². The number of nitrogens with zero attached hydrogens (tertiary/aromatic N) is 5. The highest BCUT2D eigenvalue weighted by Crippen LogP contribution is 2.28. The van der Waals surface area contributed by atoms with Crippen LogP contribution in [0.1, 0.15) is 42.5 Å². The minimum absolute atomic E-state index is 0.205. The third-order valence-corrected chi connectivity index (χ3v) is 8.69. The van der Waals surface area contributed by atoms with Gasteiger partial charge in [0.2, 0.25) is 5.91 Å². The van der Waals surface area contributed by atoms with Crippen molar-refractivity contribution in [1.29, 1.82) is 0 Å². The highest BCUT2D eigenvalue weighted by atomic mass is 32.1. The molecular weight excluding hydrogens is 430 g/mol. The van der Waals surface area contributed by atoms with Crippen LogP contribution in [0.3, 0.4) is 0 Å². The second kappa shape index (κ2) is 9.11. The Morgan fingerprint density at radius 2 is 1.79 bits per heavy atom. The molecule has 0 atom stereocenters. The minimum atomic E-state index is 0.205. The first kappa shape index (κ1) is 21.2. The predicted molar refractivity (Wildman–Crippen MR) is 133 cm³/mol. The van der Waals surface area contributed by atoms with E-state index in [0.29, 0.717) is 6.42 Å². The first-order chi connectivity index (χ1) is 16.2. The van der Waals surface area contributed by atoms with Crippen LogP contribution in [0.4, 0.5) is 5.69 Å². The molecule has 6 nitrogen and oxygen atoms in total. The molecule has 1 saturated heterocycles. The quantitative estimate of drug-likeness (QED) is 0.593. The zero-order valence-corrected chi connectivity index (χ0v) is 20.1. The summed E-state index contributed by atoms with van der Waals surface area (Å²) < 4.78 is 2.03. The van der Waals surface area contributed by atoms with Crippen LogP contribution >= 0.6 is 11.3 Å². The summed E-state index contributed by atoms with van der Waals surface area (Å²) in [4.78, 5) is 25.5. The summed E-state index contributed by atoms with van der Waals surface area (Å²) in [5.74, 6) is 0.205. The van der Waals surface area contributed by atoms with Crippen molar-refractivity contribution >= 4 is 27.9 Å². The Morgan fingerprint density at radius 3 is 2.61 bits per heavy atom. The maximum absolute atomic E-state index is 12.9. The zero-order chi connectivity index (χ0) is 22.2. The summed E-state index contributed by atoms with van der Waals surface area (Å²) in [6.45, 7) is 5.80. The summed E-state index contributed by atoms with van der Waals surface area (Å²) in [5.41, 5.74) is 5.38. The number of carbonyl (C=O) groups excluding carboxylic acids is 1. The summed E-state index contributed by atoms with van der Waals surface area (Å²) in [6, 6.07) is 7.93. The van der Waals surface area contributed by atoms with E-state index in [1.165, 1.54) is 68.4 Å². The molecule has 1 saturated carbocycles. The molecule has 7 heteroatoms. The van der Waals surface area contributed by atoms with Crippen molar-refractivity contribution in [2.75, 3.05) is 44.2 Å². The maximum Gasteiger partial charge on any atom is 0.228 e. The van der Waals surface area contributed by atoms with Gasteiger partial charge in [-0.15, -0.1) is 11.3 Å². The van der Waals surface area contributed by atoms with Gasteiger partial charge < -0.3 is 9.80 Å². The van der Waals surface area contributed by atoms with Crippen molar-refractivity contribution in [1.82, 2.24) is 19.2 Å². The fourth-order valence-corrected chi connectivity index (χ4v) is 6.66. The Morgan fingerprint density at radius 1 is 1.00 bits per heavy atom. The van der Waals surface area contributed by atoms with E-state index in [2.05, 4.69) is 33.0 Å². The van der Waals surface area contributed by atoms with E-state index in [4.69, 9.17) is 0 Å². The lowest BCUT2D eigenvalue weighted by molar-refractivity contribution is -0.130. The number of rotatable bonds is 4. The molecule has 1 aliphatic carbocycles. The largest absolute Gasteiger partial charge is 0.368 e. The van der Waals surface area contributed by atoms with E-state index in [1.54, 1.807) is 11.3 Å². The third-order valence-electron chi connectivity index (χ3n) is 7.92. The number of amides is 1. The molecule has 0 spiro atoms. The minimum Gasteiger partial charge on any atom is -0.368 e. The zero-order valence-electron chi connectivity index (χ0n) is 19.3. The molecule has 4 heterocycles. The van der Waals surface area contributed by atoms with Crippen molar-refractivity contribution in [3.8, 4) is 0 Å². The molecule has 0 bridgehead atoms. The van der Waals surface area contributed by atoms with Crippen LogP contribution in [0.5, 0.6) is 0 Å². The van der Waals surface area contributed by atoms with Gasteiger partial charge in [-0.1, -0.05) is 18.9 Å². The molecule has 33 heavy (non-hydrogen) atoms. The van der Waals surface area contributed by atoms with Gasteiger partial charge in [0.25, 0.3) is 0 Å². The third kappa shape index (κ3) is 4.28. The van der Waals surface area contributed by atoms with Gasteiger partial charge in [0.05, 0.1) is 18.3 Å². The Bertz CT molecular complexity index is 1120. The van der Waals surface area contributed by atoms with Crippen LogP contribution < -0.4 is 4.90 Å². The van der Waals surface area contributed by atoms with Crippen LogP contribution in [-0.4, -0.2) is 70.4 Å². The second-order valence-corrected chi connectivity index (χ2v) is 10.7. The highest BCUT2D eigenvalue weighted by molar-refractivity contribution is 7.15. The molecule has 2 fully saturated rings. The Balaban J connectivity index is 1.06. The normalized spacial score (nSPS) is 20.4. The average molecular weight is 464 g/mol. The van der Waals surface area contributed by atoms with Crippen LogP contribution in [-0.2, 0) is 24.1 Å². The smallest absolute Gasteiger partial charge is 0.228 e. The summed E-state index contributed by atoms with van der Waals surface area (Å²) in [5, 5.41) is 2.02. The highest BCUT2D eigenvalue weighted by Gasteiger charge is 2.26. The topological polar surface area (TPSA) is 44.1 Å². The van der Waals surface area contributed by atoms with Crippen molar-refractivity contribution in [3.63, 3.8) is 0 Å². The summed E-state index contributed by atoms with van der Waals surface area (Å²) >= 11 is 1.60. The van der Waals surface area contributed by atoms with Crippen LogP contribution in [0, 0.1) is 0 Å². The standard InChI is InChI=1S/C26H33N5OS/c32-25(18-24-19-27-26-31(24)15-16-33-26)30-13-11-29(12-14-30)23-6-5-20-7-9-28(10-8-21(20)17-23)22-3-1-2-4-22/h5-6,15-17,19,22H,1-4,7-14,18H2. The number of thiazole rings is 1. The molecule has 174 valence electrons. The van der Waals surface area contributed by atoms with Crippen molar-refractivity contribution in [3.05, 3.63) is 52.8 Å². The first-order valence-electron chi connectivity index (χ1n) is 12.5. The van der Waals surface area contributed by atoms with Gasteiger partial charge in [-0.3, -0.25) is 14.1 Å². The lowest BCUT2D eigenvalue weighted by Crippen LogP contribution is -2.49. The van der Waals surface area contributed by atoms with Gasteiger partial charge in [0.15, 0.2) is 4.96 Å². The van der Waals surface area contributed by atoms with E-state index < -0.39 is 0 Å². The summed E-state index contributed by atoms with van der Waals surface area (Å²) in [6.07, 6.45) is 12.2. The number of hydrogen-bond acceptors (Lipinski definition) is 5. The molecule has 0 unspecified atom stereocenters. The van der Waals surface area contributed by atoms with Gasteiger partial charge in [0, 0.05) is 62.6 Å². The van der Waals surface area contributed by atoms with E-state index in [1.807, 2.05) is 27.1 Å². The van der Waals surface area contributed by atoms with E-state index >= 15 is 0 Å². The number of imidazole rings is 1. The molecule has 3 aliphatic rings. The molecule has 6 rings (SSSR count). The number of aromatic nitrogens is 2. The number of fused-ring (bicyclic) bond motifs is 2. The Kier molecular flexibility index (Phi) is 5.84. The monoisotopic (exact) mass is 463 g/mol. The molecule has 1 amide bonds.